The van der Waals surface area contributed by atoms with Crippen LogP contribution in [0, 0.1) is 0 Å². The second-order valence-electron chi connectivity index (χ2n) is 6.58. The van der Waals surface area contributed by atoms with Gasteiger partial charge in [-0.1, -0.05) is 30.3 Å². The number of anilines is 1. The van der Waals surface area contributed by atoms with Gasteiger partial charge >= 0.3 is 0 Å². The molecular weight excluding hydrogens is 356 g/mol. The van der Waals surface area contributed by atoms with Gasteiger partial charge in [-0.15, -0.1) is 11.3 Å². The Morgan fingerprint density at radius 3 is 2.63 bits per heavy atom. The Bertz CT molecular complexity index is 901. The average Bonchev–Trinajstić information content (AvgIpc) is 3.20. The van der Waals surface area contributed by atoms with Gasteiger partial charge in [0.05, 0.1) is 4.88 Å². The summed E-state index contributed by atoms with van der Waals surface area (Å²) in [6, 6.07) is 21.5. The summed E-state index contributed by atoms with van der Waals surface area (Å²) in [4.78, 5) is 14.2. The molecule has 1 saturated heterocycles. The molecule has 2 heterocycles. The molecule has 1 amide bonds. The molecule has 0 aliphatic carbocycles. The first kappa shape index (κ1) is 17.8. The van der Waals surface area contributed by atoms with E-state index < -0.39 is 0 Å². The average molecular weight is 378 g/mol. The lowest BCUT2D eigenvalue weighted by molar-refractivity contribution is 0.103. The van der Waals surface area contributed by atoms with Crippen LogP contribution in [-0.2, 0) is 0 Å². The largest absolute Gasteiger partial charge is 0.490 e. The maximum atomic E-state index is 12.5. The van der Waals surface area contributed by atoms with Crippen molar-refractivity contribution in [2.24, 2.45) is 0 Å². The van der Waals surface area contributed by atoms with Crippen molar-refractivity contribution >= 4 is 22.9 Å². The van der Waals surface area contributed by atoms with Crippen molar-refractivity contribution in [3.8, 4) is 16.2 Å². The van der Waals surface area contributed by atoms with Crippen LogP contribution in [0.25, 0.3) is 10.4 Å². The maximum Gasteiger partial charge on any atom is 0.265 e. The van der Waals surface area contributed by atoms with Crippen LogP contribution in [-0.4, -0.2) is 25.1 Å². The van der Waals surface area contributed by atoms with Crippen molar-refractivity contribution in [1.29, 1.82) is 0 Å². The van der Waals surface area contributed by atoms with Crippen molar-refractivity contribution in [3.05, 3.63) is 71.6 Å². The normalized spacial score (nSPS) is 14.7. The van der Waals surface area contributed by atoms with E-state index in [0.717, 1.165) is 47.8 Å². The minimum absolute atomic E-state index is 0.0837. The van der Waals surface area contributed by atoms with E-state index in [1.54, 1.807) is 0 Å². The number of rotatable bonds is 5. The number of carbonyl (C=O) groups is 1. The van der Waals surface area contributed by atoms with Crippen LogP contribution in [0.1, 0.15) is 22.5 Å². The highest BCUT2D eigenvalue weighted by Crippen LogP contribution is 2.31. The van der Waals surface area contributed by atoms with Crippen LogP contribution in [0.15, 0.2) is 66.7 Å². The number of para-hydroxylation sites is 1. The minimum atomic E-state index is -0.0837. The molecule has 5 heteroatoms. The number of piperidine rings is 1. The molecule has 0 bridgehead atoms. The van der Waals surface area contributed by atoms with Gasteiger partial charge in [-0.3, -0.25) is 4.79 Å². The number of nitrogens with one attached hydrogen (secondary N) is 2. The molecule has 0 radical (unpaired) electrons. The lowest BCUT2D eigenvalue weighted by atomic mass is 10.1. The summed E-state index contributed by atoms with van der Waals surface area (Å²) in [5, 5.41) is 6.28. The fourth-order valence-corrected chi connectivity index (χ4v) is 4.06. The summed E-state index contributed by atoms with van der Waals surface area (Å²) in [5.41, 5.74) is 1.88. The Balaban J connectivity index is 1.46. The monoisotopic (exact) mass is 378 g/mol. The number of carbonyl (C=O) groups excluding carboxylic acids is 1. The zero-order valence-corrected chi connectivity index (χ0v) is 15.8. The Morgan fingerprint density at radius 2 is 1.81 bits per heavy atom. The summed E-state index contributed by atoms with van der Waals surface area (Å²) in [6.45, 7) is 2.02. The smallest absolute Gasteiger partial charge is 0.265 e. The maximum absolute atomic E-state index is 12.5. The van der Waals surface area contributed by atoms with E-state index >= 15 is 0 Å². The highest BCUT2D eigenvalue weighted by molar-refractivity contribution is 7.17. The fourth-order valence-electron chi connectivity index (χ4n) is 3.16. The van der Waals surface area contributed by atoms with E-state index in [0.29, 0.717) is 4.88 Å². The van der Waals surface area contributed by atoms with Gasteiger partial charge in [-0.25, -0.2) is 0 Å². The highest BCUT2D eigenvalue weighted by atomic mass is 32.1. The summed E-state index contributed by atoms with van der Waals surface area (Å²) in [6.07, 6.45) is 2.34. The van der Waals surface area contributed by atoms with Gasteiger partial charge in [0.2, 0.25) is 0 Å². The van der Waals surface area contributed by atoms with Gasteiger partial charge in [0.1, 0.15) is 11.9 Å². The predicted octanol–water partition coefficient (Wildman–Crippen LogP) is 4.80. The van der Waals surface area contributed by atoms with E-state index in [4.69, 9.17) is 4.74 Å². The SMILES string of the molecule is O=C(Nc1ccccc1)c1ccc(-c2cccc(OC3CCNCC3)c2)s1. The van der Waals surface area contributed by atoms with Crippen molar-refractivity contribution in [2.45, 2.75) is 18.9 Å². The second kappa shape index (κ2) is 8.37. The third kappa shape index (κ3) is 4.56. The Hall–Kier alpha value is -2.63. The molecule has 1 aromatic heterocycles. The van der Waals surface area contributed by atoms with Gasteiger partial charge in [-0.05, 0) is 67.9 Å². The number of hydrogen-bond donors (Lipinski definition) is 2. The van der Waals surface area contributed by atoms with Crippen LogP contribution < -0.4 is 15.4 Å². The standard InChI is InChI=1S/C22H22N2O2S/c25-22(24-17-6-2-1-3-7-17)21-10-9-20(27-21)16-5-4-8-19(15-16)26-18-11-13-23-14-12-18/h1-10,15,18,23H,11-14H2,(H,24,25). The molecule has 138 valence electrons. The number of thiophene rings is 1. The molecule has 0 spiro atoms. The minimum Gasteiger partial charge on any atom is -0.490 e. The van der Waals surface area contributed by atoms with Crippen LogP contribution in [0.3, 0.4) is 0 Å². The number of hydrogen-bond acceptors (Lipinski definition) is 4. The number of ether oxygens (including phenoxy) is 1. The van der Waals surface area contributed by atoms with Gasteiger partial charge in [0.15, 0.2) is 0 Å². The Kier molecular flexibility index (Phi) is 5.51. The van der Waals surface area contributed by atoms with Gasteiger partial charge in [0.25, 0.3) is 5.91 Å². The van der Waals surface area contributed by atoms with E-state index in [1.807, 2.05) is 54.6 Å². The molecule has 1 aliphatic rings. The molecule has 3 aromatic rings. The molecule has 1 aliphatic heterocycles. The first-order valence-corrected chi connectivity index (χ1v) is 10.0. The van der Waals surface area contributed by atoms with Crippen LogP contribution in [0.5, 0.6) is 5.75 Å². The van der Waals surface area contributed by atoms with Crippen LogP contribution in [0.2, 0.25) is 0 Å². The summed E-state index contributed by atoms with van der Waals surface area (Å²) >= 11 is 1.49. The van der Waals surface area contributed by atoms with Crippen molar-refractivity contribution in [2.75, 3.05) is 18.4 Å². The molecule has 2 aromatic carbocycles. The molecular formula is C22H22N2O2S. The Morgan fingerprint density at radius 1 is 1.00 bits per heavy atom. The molecule has 0 saturated carbocycles. The van der Waals surface area contributed by atoms with E-state index in [2.05, 4.69) is 22.8 Å². The third-order valence-electron chi connectivity index (χ3n) is 4.57. The first-order chi connectivity index (χ1) is 13.3. The fraction of sp³-hybridized carbons (Fsp3) is 0.227. The first-order valence-electron chi connectivity index (χ1n) is 9.22. The van der Waals surface area contributed by atoms with Crippen molar-refractivity contribution < 1.29 is 9.53 Å². The number of amides is 1. The topological polar surface area (TPSA) is 50.4 Å². The van der Waals surface area contributed by atoms with Gasteiger partial charge < -0.3 is 15.4 Å². The van der Waals surface area contributed by atoms with Crippen LogP contribution >= 0.6 is 11.3 Å². The lowest BCUT2D eigenvalue weighted by Crippen LogP contribution is -2.34. The quantitative estimate of drug-likeness (QED) is 0.671. The van der Waals surface area contributed by atoms with Crippen molar-refractivity contribution in [1.82, 2.24) is 5.32 Å². The van der Waals surface area contributed by atoms with Crippen LogP contribution in [0.4, 0.5) is 5.69 Å². The van der Waals surface area contributed by atoms with Crippen molar-refractivity contribution in [3.63, 3.8) is 0 Å². The van der Waals surface area contributed by atoms with E-state index in [-0.39, 0.29) is 12.0 Å². The Labute approximate surface area is 163 Å². The summed E-state index contributed by atoms with van der Waals surface area (Å²) < 4.78 is 6.14. The molecule has 4 nitrogen and oxygen atoms in total. The lowest BCUT2D eigenvalue weighted by Gasteiger charge is -2.24. The molecule has 4 rings (SSSR count). The van der Waals surface area contributed by atoms with E-state index in [1.165, 1.54) is 11.3 Å². The summed E-state index contributed by atoms with van der Waals surface area (Å²) in [5.74, 6) is 0.808. The molecule has 1 fully saturated rings. The summed E-state index contributed by atoms with van der Waals surface area (Å²) in [7, 11) is 0. The molecule has 27 heavy (non-hydrogen) atoms. The predicted molar refractivity (Wildman–Crippen MR) is 111 cm³/mol. The molecule has 0 unspecified atom stereocenters. The highest BCUT2D eigenvalue weighted by Gasteiger charge is 2.15. The van der Waals surface area contributed by atoms with E-state index in [9.17, 15) is 4.79 Å². The zero-order valence-electron chi connectivity index (χ0n) is 15.0. The van der Waals surface area contributed by atoms with Gasteiger partial charge in [0, 0.05) is 10.6 Å². The second-order valence-corrected chi connectivity index (χ2v) is 7.66. The molecule has 2 N–H and O–H groups in total. The zero-order chi connectivity index (χ0) is 18.5. The number of benzene rings is 2. The molecule has 0 atom stereocenters. The third-order valence-corrected chi connectivity index (χ3v) is 5.70. The van der Waals surface area contributed by atoms with Gasteiger partial charge in [-0.2, -0.15) is 0 Å².